The average Bonchev–Trinajstić information content (AvgIpc) is 2.39. The zero-order valence-electron chi connectivity index (χ0n) is 10.5. The van der Waals surface area contributed by atoms with E-state index in [0.29, 0.717) is 18.5 Å². The third kappa shape index (κ3) is 3.78. The number of nitrogens with zero attached hydrogens (tertiary/aromatic N) is 1. The van der Waals surface area contributed by atoms with Gasteiger partial charge in [-0.15, -0.1) is 0 Å². The summed E-state index contributed by atoms with van der Waals surface area (Å²) in [6.07, 6.45) is -1.32. The first-order valence-corrected chi connectivity index (χ1v) is 6.46. The molecule has 0 N–H and O–H groups in total. The highest BCUT2D eigenvalue weighted by Crippen LogP contribution is 2.40. The molecule has 0 saturated heterocycles. The van der Waals surface area contributed by atoms with Gasteiger partial charge in [0.05, 0.1) is 5.92 Å². The molecule has 0 radical (unpaired) electrons. The van der Waals surface area contributed by atoms with Crippen molar-refractivity contribution in [1.82, 2.24) is 4.98 Å². The summed E-state index contributed by atoms with van der Waals surface area (Å²) < 4.78 is 38.0. The van der Waals surface area contributed by atoms with E-state index >= 15 is 0 Å². The van der Waals surface area contributed by atoms with Crippen molar-refractivity contribution in [1.29, 1.82) is 0 Å². The lowest BCUT2D eigenvalue weighted by atomic mass is 9.78. The number of hydrogen-bond donors (Lipinski definition) is 0. The first-order valence-electron chi connectivity index (χ1n) is 6.46. The van der Waals surface area contributed by atoms with Crippen LogP contribution in [0.3, 0.4) is 0 Å². The van der Waals surface area contributed by atoms with Crippen molar-refractivity contribution >= 4 is 5.78 Å². The molecule has 19 heavy (non-hydrogen) atoms. The molecule has 0 spiro atoms. The predicted octanol–water partition coefficient (Wildman–Crippen LogP) is 3.56. The fourth-order valence-corrected chi connectivity index (χ4v) is 2.61. The van der Waals surface area contributed by atoms with E-state index < -0.39 is 18.0 Å². The van der Waals surface area contributed by atoms with Crippen molar-refractivity contribution in [3.8, 4) is 0 Å². The van der Waals surface area contributed by atoms with Gasteiger partial charge in [-0.2, -0.15) is 13.2 Å². The molecule has 0 bridgehead atoms. The Hall–Kier alpha value is -1.39. The van der Waals surface area contributed by atoms with E-state index in [4.69, 9.17) is 0 Å². The normalized spacial score (nSPS) is 24.2. The van der Waals surface area contributed by atoms with Gasteiger partial charge in [-0.05, 0) is 31.4 Å². The predicted molar refractivity (Wildman–Crippen MR) is 64.5 cm³/mol. The molecule has 0 amide bonds. The van der Waals surface area contributed by atoms with Crippen LogP contribution < -0.4 is 0 Å². The zero-order valence-corrected chi connectivity index (χ0v) is 10.5. The minimum Gasteiger partial charge on any atom is -0.299 e. The van der Waals surface area contributed by atoms with Gasteiger partial charge in [-0.1, -0.05) is 12.5 Å². The van der Waals surface area contributed by atoms with Gasteiger partial charge in [-0.3, -0.25) is 9.78 Å². The van der Waals surface area contributed by atoms with Crippen molar-refractivity contribution in [2.24, 2.45) is 11.8 Å². The Morgan fingerprint density at radius 2 is 2.11 bits per heavy atom. The SMILES string of the molecule is O=C(Cc1ccccn1)C1CCCC(C(F)(F)F)C1. The minimum atomic E-state index is -4.18. The number of rotatable bonds is 3. The van der Waals surface area contributed by atoms with Crippen LogP contribution in [0.5, 0.6) is 0 Å². The van der Waals surface area contributed by atoms with Crippen LogP contribution >= 0.6 is 0 Å². The van der Waals surface area contributed by atoms with Gasteiger partial charge in [0, 0.05) is 24.2 Å². The zero-order chi connectivity index (χ0) is 13.9. The molecule has 1 heterocycles. The van der Waals surface area contributed by atoms with E-state index in [1.807, 2.05) is 0 Å². The summed E-state index contributed by atoms with van der Waals surface area (Å²) in [6, 6.07) is 5.24. The number of pyridine rings is 1. The molecule has 2 unspecified atom stereocenters. The number of carbonyl (C=O) groups is 1. The summed E-state index contributed by atoms with van der Waals surface area (Å²) in [5.74, 6) is -1.91. The average molecular weight is 271 g/mol. The van der Waals surface area contributed by atoms with Crippen LogP contribution in [0.2, 0.25) is 0 Å². The van der Waals surface area contributed by atoms with Gasteiger partial charge < -0.3 is 0 Å². The molecule has 2 nitrogen and oxygen atoms in total. The first-order chi connectivity index (χ1) is 8.97. The monoisotopic (exact) mass is 271 g/mol. The van der Waals surface area contributed by atoms with Gasteiger partial charge >= 0.3 is 6.18 Å². The van der Waals surface area contributed by atoms with Crippen LogP contribution in [0.1, 0.15) is 31.4 Å². The van der Waals surface area contributed by atoms with Gasteiger partial charge in [0.1, 0.15) is 5.78 Å². The Balaban J connectivity index is 1.96. The molecule has 5 heteroatoms. The standard InChI is InChI=1S/C14H16F3NO/c15-14(16,17)11-5-3-4-10(8-11)13(19)9-12-6-1-2-7-18-12/h1-2,6-7,10-11H,3-5,8-9H2. The Morgan fingerprint density at radius 3 is 2.74 bits per heavy atom. The highest BCUT2D eigenvalue weighted by Gasteiger charge is 2.43. The lowest BCUT2D eigenvalue weighted by Crippen LogP contribution is -2.32. The number of hydrogen-bond acceptors (Lipinski definition) is 2. The Kier molecular flexibility index (Phi) is 4.22. The lowest BCUT2D eigenvalue weighted by molar-refractivity contribution is -0.186. The van der Waals surface area contributed by atoms with E-state index in [1.54, 1.807) is 24.4 Å². The molecule has 1 fully saturated rings. The van der Waals surface area contributed by atoms with Crippen molar-refractivity contribution in [2.45, 2.75) is 38.3 Å². The largest absolute Gasteiger partial charge is 0.391 e. The van der Waals surface area contributed by atoms with E-state index in [0.717, 1.165) is 0 Å². The van der Waals surface area contributed by atoms with Crippen molar-refractivity contribution in [3.05, 3.63) is 30.1 Å². The molecule has 104 valence electrons. The third-order valence-electron chi connectivity index (χ3n) is 3.67. The first kappa shape index (κ1) is 14.0. The van der Waals surface area contributed by atoms with E-state index in [-0.39, 0.29) is 25.0 Å². The molecule has 2 atom stereocenters. The Bertz CT molecular complexity index is 430. The highest BCUT2D eigenvalue weighted by molar-refractivity contribution is 5.83. The van der Waals surface area contributed by atoms with E-state index in [1.165, 1.54) is 0 Å². The number of aromatic nitrogens is 1. The summed E-state index contributed by atoms with van der Waals surface area (Å²) in [4.78, 5) is 16.1. The van der Waals surface area contributed by atoms with Crippen LogP contribution in [0.25, 0.3) is 0 Å². The summed E-state index contributed by atoms with van der Waals surface area (Å²) >= 11 is 0. The fraction of sp³-hybridized carbons (Fsp3) is 0.571. The molecule has 1 aromatic heterocycles. The second-order valence-corrected chi connectivity index (χ2v) is 5.07. The third-order valence-corrected chi connectivity index (χ3v) is 3.67. The number of ketones is 1. The Labute approximate surface area is 110 Å². The van der Waals surface area contributed by atoms with Crippen molar-refractivity contribution < 1.29 is 18.0 Å². The van der Waals surface area contributed by atoms with Crippen molar-refractivity contribution in [2.75, 3.05) is 0 Å². The van der Waals surface area contributed by atoms with E-state index in [2.05, 4.69) is 4.98 Å². The number of carbonyl (C=O) groups excluding carboxylic acids is 1. The lowest BCUT2D eigenvalue weighted by Gasteiger charge is -2.29. The van der Waals surface area contributed by atoms with Crippen molar-refractivity contribution in [3.63, 3.8) is 0 Å². The minimum absolute atomic E-state index is 0.0604. The molecule has 1 saturated carbocycles. The topological polar surface area (TPSA) is 30.0 Å². The molecule has 0 aromatic carbocycles. The van der Waals surface area contributed by atoms with Gasteiger partial charge in [0.25, 0.3) is 0 Å². The maximum absolute atomic E-state index is 12.7. The maximum Gasteiger partial charge on any atom is 0.391 e. The molecule has 2 rings (SSSR count). The van der Waals surface area contributed by atoms with Crippen LogP contribution in [0, 0.1) is 11.8 Å². The summed E-state index contributed by atoms with van der Waals surface area (Å²) in [5, 5.41) is 0. The maximum atomic E-state index is 12.7. The second-order valence-electron chi connectivity index (χ2n) is 5.07. The van der Waals surface area contributed by atoms with Crippen LogP contribution in [-0.2, 0) is 11.2 Å². The highest BCUT2D eigenvalue weighted by atomic mass is 19.4. The number of Topliss-reactive ketones (excluding diaryl/α,β-unsaturated/α-hetero) is 1. The summed E-state index contributed by atoms with van der Waals surface area (Å²) in [5.41, 5.74) is 0.627. The van der Waals surface area contributed by atoms with E-state index in [9.17, 15) is 18.0 Å². The second kappa shape index (κ2) is 5.72. The summed E-state index contributed by atoms with van der Waals surface area (Å²) in [6.45, 7) is 0. The molecule has 1 aliphatic carbocycles. The molecule has 0 aliphatic heterocycles. The molecule has 1 aromatic rings. The molecule has 1 aliphatic rings. The molecular weight excluding hydrogens is 255 g/mol. The van der Waals surface area contributed by atoms with Crippen LogP contribution in [0.4, 0.5) is 13.2 Å². The quantitative estimate of drug-likeness (QED) is 0.841. The smallest absolute Gasteiger partial charge is 0.299 e. The number of halogens is 3. The van der Waals surface area contributed by atoms with Crippen LogP contribution in [-0.4, -0.2) is 16.9 Å². The Morgan fingerprint density at radius 1 is 1.32 bits per heavy atom. The van der Waals surface area contributed by atoms with Gasteiger partial charge in [0.2, 0.25) is 0 Å². The summed E-state index contributed by atoms with van der Waals surface area (Å²) in [7, 11) is 0. The van der Waals surface area contributed by atoms with Gasteiger partial charge in [-0.25, -0.2) is 0 Å². The molecular formula is C14H16F3NO. The number of alkyl halides is 3. The van der Waals surface area contributed by atoms with Gasteiger partial charge in [0.15, 0.2) is 0 Å². The van der Waals surface area contributed by atoms with Crippen LogP contribution in [0.15, 0.2) is 24.4 Å². The fourth-order valence-electron chi connectivity index (χ4n) is 2.61.